The van der Waals surface area contributed by atoms with Crippen LogP contribution in [0.2, 0.25) is 0 Å². The molecular formula is C15H11N3O3. The van der Waals surface area contributed by atoms with Crippen molar-refractivity contribution in [2.45, 2.75) is 0 Å². The Hall–Kier alpha value is -3.02. The molecule has 0 radical (unpaired) electrons. The van der Waals surface area contributed by atoms with E-state index in [1.165, 1.54) is 13.2 Å². The highest BCUT2D eigenvalue weighted by Crippen LogP contribution is 2.28. The highest BCUT2D eigenvalue weighted by atomic mass is 16.2. The minimum atomic E-state index is -0.432. The van der Waals surface area contributed by atoms with Crippen molar-refractivity contribution in [3.8, 4) is 0 Å². The second kappa shape index (κ2) is 4.82. The van der Waals surface area contributed by atoms with Gasteiger partial charge in [0.1, 0.15) is 5.69 Å². The quantitative estimate of drug-likeness (QED) is 0.847. The molecule has 2 heterocycles. The van der Waals surface area contributed by atoms with Gasteiger partial charge in [-0.1, -0.05) is 12.1 Å². The molecule has 104 valence electrons. The highest BCUT2D eigenvalue weighted by molar-refractivity contribution is 6.24. The molecule has 0 atom stereocenters. The molecule has 0 fully saturated rings. The molecule has 3 rings (SSSR count). The van der Waals surface area contributed by atoms with Crippen molar-refractivity contribution in [2.75, 3.05) is 12.4 Å². The Morgan fingerprint density at radius 3 is 2.62 bits per heavy atom. The molecular weight excluding hydrogens is 270 g/mol. The molecule has 6 nitrogen and oxygen atoms in total. The van der Waals surface area contributed by atoms with E-state index < -0.39 is 11.8 Å². The Bertz CT molecular complexity index is 756. The molecule has 1 aliphatic heterocycles. The van der Waals surface area contributed by atoms with Gasteiger partial charge in [-0.25, -0.2) is 0 Å². The topological polar surface area (TPSA) is 79.4 Å². The summed E-state index contributed by atoms with van der Waals surface area (Å²) in [6.07, 6.45) is 1.51. The van der Waals surface area contributed by atoms with Crippen LogP contribution in [0.1, 0.15) is 31.2 Å². The Morgan fingerprint density at radius 2 is 1.90 bits per heavy atom. The maximum atomic E-state index is 12.1. The number of fused-ring (bicyclic) bond motifs is 1. The van der Waals surface area contributed by atoms with E-state index >= 15 is 0 Å². The van der Waals surface area contributed by atoms with Crippen LogP contribution in [-0.4, -0.2) is 34.7 Å². The molecule has 1 aromatic carbocycles. The summed E-state index contributed by atoms with van der Waals surface area (Å²) in [7, 11) is 1.41. The van der Waals surface area contributed by atoms with Gasteiger partial charge in [-0.2, -0.15) is 0 Å². The van der Waals surface area contributed by atoms with Gasteiger partial charge in [-0.05, 0) is 24.3 Å². The average molecular weight is 281 g/mol. The number of amides is 3. The minimum Gasteiger partial charge on any atom is -0.320 e. The summed E-state index contributed by atoms with van der Waals surface area (Å²) < 4.78 is 0. The summed E-state index contributed by atoms with van der Waals surface area (Å²) >= 11 is 0. The Balaban J connectivity index is 1.97. The SMILES string of the molecule is CN1C(=O)c2cccc(NC(=O)c3ccccn3)c2C1=O. The molecule has 3 amide bonds. The number of hydrogen-bond acceptors (Lipinski definition) is 4. The number of aromatic nitrogens is 1. The molecule has 21 heavy (non-hydrogen) atoms. The third-order valence-corrected chi connectivity index (χ3v) is 3.26. The third kappa shape index (κ3) is 2.06. The standard InChI is InChI=1S/C15H11N3O3/c1-18-14(20)9-5-4-7-10(12(9)15(18)21)17-13(19)11-6-2-3-8-16-11/h2-8H,1H3,(H,17,19). The zero-order chi connectivity index (χ0) is 15.0. The van der Waals surface area contributed by atoms with Crippen LogP contribution in [0.5, 0.6) is 0 Å². The fourth-order valence-corrected chi connectivity index (χ4v) is 2.19. The Kier molecular flexibility index (Phi) is 2.98. The zero-order valence-electron chi connectivity index (χ0n) is 11.2. The van der Waals surface area contributed by atoms with E-state index in [4.69, 9.17) is 0 Å². The molecule has 0 unspecified atom stereocenters. The average Bonchev–Trinajstić information content (AvgIpc) is 2.74. The van der Waals surface area contributed by atoms with Crippen LogP contribution in [-0.2, 0) is 0 Å². The lowest BCUT2D eigenvalue weighted by molar-refractivity contribution is 0.0693. The van der Waals surface area contributed by atoms with Crippen molar-refractivity contribution in [1.29, 1.82) is 0 Å². The number of pyridine rings is 1. The summed E-state index contributed by atoms with van der Waals surface area (Å²) in [6.45, 7) is 0. The van der Waals surface area contributed by atoms with Crippen molar-refractivity contribution in [3.63, 3.8) is 0 Å². The minimum absolute atomic E-state index is 0.217. The van der Waals surface area contributed by atoms with Crippen molar-refractivity contribution < 1.29 is 14.4 Å². The number of benzene rings is 1. The number of nitrogens with one attached hydrogen (secondary N) is 1. The predicted octanol–water partition coefficient (Wildman–Crippen LogP) is 1.56. The molecule has 0 spiro atoms. The fraction of sp³-hybridized carbons (Fsp3) is 0.0667. The van der Waals surface area contributed by atoms with Gasteiger partial charge in [0.05, 0.1) is 16.8 Å². The smallest absolute Gasteiger partial charge is 0.274 e. The largest absolute Gasteiger partial charge is 0.320 e. The highest BCUT2D eigenvalue weighted by Gasteiger charge is 2.35. The summed E-state index contributed by atoms with van der Waals surface area (Å²) in [5, 5.41) is 2.63. The van der Waals surface area contributed by atoms with Crippen molar-refractivity contribution in [1.82, 2.24) is 9.88 Å². The number of anilines is 1. The molecule has 6 heteroatoms. The number of carbonyl (C=O) groups excluding carboxylic acids is 3. The van der Waals surface area contributed by atoms with Crippen LogP contribution in [0.15, 0.2) is 42.6 Å². The van der Waals surface area contributed by atoms with Gasteiger partial charge in [-0.3, -0.25) is 24.3 Å². The van der Waals surface area contributed by atoms with Crippen LogP contribution >= 0.6 is 0 Å². The van der Waals surface area contributed by atoms with Gasteiger partial charge >= 0.3 is 0 Å². The molecule has 0 bridgehead atoms. The first-order valence-corrected chi connectivity index (χ1v) is 6.27. The van der Waals surface area contributed by atoms with Crippen LogP contribution in [0, 0.1) is 0 Å². The number of nitrogens with zero attached hydrogens (tertiary/aromatic N) is 2. The molecule has 0 saturated carbocycles. The van der Waals surface area contributed by atoms with Crippen molar-refractivity contribution >= 4 is 23.4 Å². The van der Waals surface area contributed by atoms with Gasteiger partial charge in [-0.15, -0.1) is 0 Å². The van der Waals surface area contributed by atoms with E-state index in [1.54, 1.807) is 36.4 Å². The molecule has 2 aromatic rings. The molecule has 1 aliphatic rings. The van der Waals surface area contributed by atoms with E-state index in [-0.39, 0.29) is 17.2 Å². The summed E-state index contributed by atoms with van der Waals surface area (Å²) in [6, 6.07) is 9.74. The zero-order valence-corrected chi connectivity index (χ0v) is 11.2. The van der Waals surface area contributed by atoms with Gasteiger partial charge in [0.2, 0.25) is 0 Å². The summed E-state index contributed by atoms with van der Waals surface area (Å²) in [5.74, 6) is -1.23. The number of rotatable bonds is 2. The van der Waals surface area contributed by atoms with E-state index in [9.17, 15) is 14.4 Å². The Labute approximate surface area is 120 Å². The maximum Gasteiger partial charge on any atom is 0.274 e. The lowest BCUT2D eigenvalue weighted by Gasteiger charge is -2.08. The van der Waals surface area contributed by atoms with Gasteiger partial charge in [0.25, 0.3) is 17.7 Å². The van der Waals surface area contributed by atoms with E-state index in [2.05, 4.69) is 10.3 Å². The van der Waals surface area contributed by atoms with E-state index in [0.29, 0.717) is 11.3 Å². The fourth-order valence-electron chi connectivity index (χ4n) is 2.19. The lowest BCUT2D eigenvalue weighted by Crippen LogP contribution is -2.24. The summed E-state index contributed by atoms with van der Waals surface area (Å²) in [5.41, 5.74) is 1.06. The molecule has 0 saturated heterocycles. The van der Waals surface area contributed by atoms with Crippen LogP contribution < -0.4 is 5.32 Å². The lowest BCUT2D eigenvalue weighted by atomic mass is 10.1. The van der Waals surface area contributed by atoms with E-state index in [0.717, 1.165) is 4.90 Å². The second-order valence-corrected chi connectivity index (χ2v) is 4.57. The number of hydrogen-bond donors (Lipinski definition) is 1. The maximum absolute atomic E-state index is 12.1. The predicted molar refractivity (Wildman–Crippen MR) is 75.1 cm³/mol. The third-order valence-electron chi connectivity index (χ3n) is 3.26. The summed E-state index contributed by atoms with van der Waals surface area (Å²) in [4.78, 5) is 41.1. The van der Waals surface area contributed by atoms with Crippen LogP contribution in [0.25, 0.3) is 0 Å². The normalized spacial score (nSPS) is 13.3. The Morgan fingerprint density at radius 1 is 1.10 bits per heavy atom. The van der Waals surface area contributed by atoms with Gasteiger partial charge in [0.15, 0.2) is 0 Å². The first kappa shape index (κ1) is 13.0. The first-order valence-electron chi connectivity index (χ1n) is 6.27. The second-order valence-electron chi connectivity index (χ2n) is 4.57. The van der Waals surface area contributed by atoms with Crippen LogP contribution in [0.4, 0.5) is 5.69 Å². The molecule has 1 N–H and O–H groups in total. The van der Waals surface area contributed by atoms with Crippen molar-refractivity contribution in [3.05, 3.63) is 59.4 Å². The van der Waals surface area contributed by atoms with Crippen LogP contribution in [0.3, 0.4) is 0 Å². The monoisotopic (exact) mass is 281 g/mol. The van der Waals surface area contributed by atoms with Gasteiger partial charge < -0.3 is 5.32 Å². The number of carbonyl (C=O) groups is 3. The van der Waals surface area contributed by atoms with E-state index in [1.807, 2.05) is 0 Å². The first-order chi connectivity index (χ1) is 10.1. The molecule has 1 aromatic heterocycles. The van der Waals surface area contributed by atoms with Crippen molar-refractivity contribution in [2.24, 2.45) is 0 Å². The van der Waals surface area contributed by atoms with Gasteiger partial charge in [0, 0.05) is 13.2 Å². The number of imide groups is 1. The molecule has 0 aliphatic carbocycles.